The molecule has 3 nitrogen and oxygen atoms in total. The lowest BCUT2D eigenvalue weighted by Crippen LogP contribution is -2.41. The summed E-state index contributed by atoms with van der Waals surface area (Å²) in [6, 6.07) is 3.95. The monoisotopic (exact) mass is 367 g/mol. The average Bonchev–Trinajstić information content (AvgIpc) is 2.87. The summed E-state index contributed by atoms with van der Waals surface area (Å²) >= 11 is 12.5. The Morgan fingerprint density at radius 3 is 1.83 bits per heavy atom. The highest BCUT2D eigenvalue weighted by atomic mass is 35.5. The van der Waals surface area contributed by atoms with E-state index >= 15 is 0 Å². The van der Waals surface area contributed by atoms with E-state index in [0.717, 1.165) is 37.6 Å². The van der Waals surface area contributed by atoms with Crippen molar-refractivity contribution in [1.29, 1.82) is 0 Å². The third-order valence-electron chi connectivity index (χ3n) is 4.46. The van der Waals surface area contributed by atoms with E-state index in [1.165, 1.54) is 0 Å². The van der Waals surface area contributed by atoms with Gasteiger partial charge in [-0.3, -0.25) is 0 Å². The molecular formula is C19H27Cl2N3. The highest BCUT2D eigenvalue weighted by Gasteiger charge is 2.33. The molecule has 0 atom stereocenters. The SMILES string of the molecule is CCN(C=CC=CC1N(CC)c2cc(Cl)c(Cl)cc2N1CC)CC. The lowest BCUT2D eigenvalue weighted by atomic mass is 10.2. The Hall–Kier alpha value is -1.32. The van der Waals surface area contributed by atoms with Crippen LogP contribution < -0.4 is 9.80 Å². The van der Waals surface area contributed by atoms with Crippen molar-refractivity contribution in [2.75, 3.05) is 36.0 Å². The minimum absolute atomic E-state index is 0.186. The minimum atomic E-state index is 0.186. The zero-order valence-electron chi connectivity index (χ0n) is 15.0. The molecule has 0 N–H and O–H groups in total. The molecule has 0 bridgehead atoms. The molecule has 132 valence electrons. The molecule has 0 radical (unpaired) electrons. The van der Waals surface area contributed by atoms with E-state index in [1.54, 1.807) is 0 Å². The lowest BCUT2D eigenvalue weighted by molar-refractivity contribution is 0.419. The number of anilines is 2. The molecular weight excluding hydrogens is 341 g/mol. The first-order chi connectivity index (χ1) is 11.6. The third kappa shape index (κ3) is 3.84. The van der Waals surface area contributed by atoms with Crippen LogP contribution in [0.1, 0.15) is 27.7 Å². The fourth-order valence-corrected chi connectivity index (χ4v) is 3.45. The number of halogens is 2. The maximum Gasteiger partial charge on any atom is 0.121 e. The molecule has 24 heavy (non-hydrogen) atoms. The van der Waals surface area contributed by atoms with Crippen molar-refractivity contribution in [3.05, 3.63) is 46.6 Å². The second-order valence-corrected chi connectivity index (χ2v) is 6.50. The van der Waals surface area contributed by atoms with Crippen LogP contribution in [0.15, 0.2) is 36.6 Å². The van der Waals surface area contributed by atoms with Gasteiger partial charge in [-0.2, -0.15) is 0 Å². The molecule has 0 amide bonds. The highest BCUT2D eigenvalue weighted by molar-refractivity contribution is 6.42. The van der Waals surface area contributed by atoms with Crippen LogP contribution >= 0.6 is 23.2 Å². The van der Waals surface area contributed by atoms with Crippen LogP contribution in [0.2, 0.25) is 10.0 Å². The molecule has 0 saturated carbocycles. The zero-order valence-corrected chi connectivity index (χ0v) is 16.5. The highest BCUT2D eigenvalue weighted by Crippen LogP contribution is 2.44. The smallest absolute Gasteiger partial charge is 0.121 e. The summed E-state index contributed by atoms with van der Waals surface area (Å²) in [5.74, 6) is 0. The molecule has 0 saturated heterocycles. The average molecular weight is 368 g/mol. The Balaban J connectivity index is 2.26. The van der Waals surface area contributed by atoms with E-state index in [1.807, 2.05) is 12.1 Å². The van der Waals surface area contributed by atoms with Gasteiger partial charge >= 0.3 is 0 Å². The van der Waals surface area contributed by atoms with Gasteiger partial charge in [-0.1, -0.05) is 29.3 Å². The molecule has 2 rings (SSSR count). The first-order valence-electron chi connectivity index (χ1n) is 8.68. The molecule has 0 unspecified atom stereocenters. The van der Waals surface area contributed by atoms with Gasteiger partial charge in [-0.25, -0.2) is 0 Å². The number of hydrogen-bond acceptors (Lipinski definition) is 3. The predicted octanol–water partition coefficient (Wildman–Crippen LogP) is 5.40. The molecule has 0 spiro atoms. The molecule has 1 aliphatic heterocycles. The number of fused-ring (bicyclic) bond motifs is 1. The van der Waals surface area contributed by atoms with E-state index in [4.69, 9.17) is 23.2 Å². The second kappa shape index (κ2) is 8.68. The molecule has 0 aliphatic carbocycles. The zero-order chi connectivity index (χ0) is 17.7. The van der Waals surface area contributed by atoms with Crippen molar-refractivity contribution in [3.8, 4) is 0 Å². The number of likely N-dealkylation sites (N-methyl/N-ethyl adjacent to an activating group) is 2. The fourth-order valence-electron chi connectivity index (χ4n) is 3.13. The lowest BCUT2D eigenvalue weighted by Gasteiger charge is -2.29. The number of allylic oxidation sites excluding steroid dienone is 2. The van der Waals surface area contributed by atoms with Gasteiger partial charge in [-0.05, 0) is 58.2 Å². The number of nitrogens with zero attached hydrogens (tertiary/aromatic N) is 3. The second-order valence-electron chi connectivity index (χ2n) is 5.69. The van der Waals surface area contributed by atoms with Gasteiger partial charge in [0.05, 0.1) is 21.4 Å². The maximum atomic E-state index is 6.23. The van der Waals surface area contributed by atoms with E-state index in [9.17, 15) is 0 Å². The third-order valence-corrected chi connectivity index (χ3v) is 5.18. The molecule has 1 aliphatic rings. The Bertz CT molecular complexity index is 572. The van der Waals surface area contributed by atoms with Gasteiger partial charge in [0, 0.05) is 26.2 Å². The van der Waals surface area contributed by atoms with Gasteiger partial charge in [0.1, 0.15) is 6.17 Å². The first-order valence-corrected chi connectivity index (χ1v) is 9.44. The van der Waals surface area contributed by atoms with Gasteiger partial charge in [0.25, 0.3) is 0 Å². The summed E-state index contributed by atoms with van der Waals surface area (Å²) in [5, 5.41) is 1.21. The molecule has 0 aromatic heterocycles. The summed E-state index contributed by atoms with van der Waals surface area (Å²) in [7, 11) is 0. The quantitative estimate of drug-likeness (QED) is 0.597. The van der Waals surface area contributed by atoms with E-state index < -0.39 is 0 Å². The summed E-state index contributed by atoms with van der Waals surface area (Å²) in [4.78, 5) is 6.97. The Morgan fingerprint density at radius 2 is 1.42 bits per heavy atom. The van der Waals surface area contributed by atoms with E-state index in [0.29, 0.717) is 10.0 Å². The maximum absolute atomic E-state index is 6.23. The number of hydrogen-bond donors (Lipinski definition) is 0. The molecule has 0 fully saturated rings. The summed E-state index contributed by atoms with van der Waals surface area (Å²) in [5.41, 5.74) is 2.30. The summed E-state index contributed by atoms with van der Waals surface area (Å²) in [6.45, 7) is 12.5. The minimum Gasteiger partial charge on any atom is -0.378 e. The van der Waals surface area contributed by atoms with Crippen molar-refractivity contribution in [1.82, 2.24) is 4.90 Å². The molecule has 1 aromatic rings. The van der Waals surface area contributed by atoms with Crippen molar-refractivity contribution in [2.24, 2.45) is 0 Å². The van der Waals surface area contributed by atoms with Crippen LogP contribution in [0.5, 0.6) is 0 Å². The molecule has 5 heteroatoms. The Kier molecular flexibility index (Phi) is 6.88. The first kappa shape index (κ1) is 19.0. The number of benzene rings is 1. The van der Waals surface area contributed by atoms with Crippen molar-refractivity contribution in [3.63, 3.8) is 0 Å². The van der Waals surface area contributed by atoms with E-state index in [2.05, 4.69) is 66.8 Å². The van der Waals surface area contributed by atoms with Crippen LogP contribution in [0.3, 0.4) is 0 Å². The van der Waals surface area contributed by atoms with Crippen LogP contribution in [0.25, 0.3) is 0 Å². The van der Waals surface area contributed by atoms with Crippen LogP contribution in [-0.4, -0.2) is 37.2 Å². The largest absolute Gasteiger partial charge is 0.378 e. The standard InChI is InChI=1S/C19H27Cl2N3/c1-5-22(6-2)12-10-9-11-19-23(7-3)17-13-15(20)16(21)14-18(17)24(19)8-4/h9-14,19H,5-8H2,1-4H3. The van der Waals surface area contributed by atoms with Crippen molar-refractivity contribution >= 4 is 34.6 Å². The number of rotatable bonds is 7. The van der Waals surface area contributed by atoms with Crippen LogP contribution in [0, 0.1) is 0 Å². The van der Waals surface area contributed by atoms with Gasteiger partial charge in [0.15, 0.2) is 0 Å². The van der Waals surface area contributed by atoms with Gasteiger partial charge in [0.2, 0.25) is 0 Å². The Morgan fingerprint density at radius 1 is 0.917 bits per heavy atom. The van der Waals surface area contributed by atoms with Crippen molar-refractivity contribution in [2.45, 2.75) is 33.9 Å². The predicted molar refractivity (Wildman–Crippen MR) is 107 cm³/mol. The van der Waals surface area contributed by atoms with Gasteiger partial charge < -0.3 is 14.7 Å². The van der Waals surface area contributed by atoms with Crippen LogP contribution in [0.4, 0.5) is 11.4 Å². The van der Waals surface area contributed by atoms with Crippen molar-refractivity contribution < 1.29 is 0 Å². The normalized spacial score (nSPS) is 15.1. The van der Waals surface area contributed by atoms with E-state index in [-0.39, 0.29) is 6.17 Å². The topological polar surface area (TPSA) is 9.72 Å². The Labute approximate surface area is 156 Å². The van der Waals surface area contributed by atoms with Crippen LogP contribution in [-0.2, 0) is 0 Å². The fraction of sp³-hybridized carbons (Fsp3) is 0.474. The van der Waals surface area contributed by atoms with Gasteiger partial charge in [-0.15, -0.1) is 0 Å². The molecule has 1 aromatic carbocycles. The summed E-state index contributed by atoms with van der Waals surface area (Å²) < 4.78 is 0. The summed E-state index contributed by atoms with van der Waals surface area (Å²) in [6.07, 6.45) is 8.79. The molecule has 1 heterocycles.